The van der Waals surface area contributed by atoms with Gasteiger partial charge >= 0.3 is 6.09 Å². The molecule has 22 heavy (non-hydrogen) atoms. The van der Waals surface area contributed by atoms with Crippen LogP contribution >= 0.6 is 22.9 Å². The molecule has 2 aliphatic rings. The Morgan fingerprint density at radius 1 is 1.41 bits per heavy atom. The van der Waals surface area contributed by atoms with E-state index in [4.69, 9.17) is 21.1 Å². The molecule has 0 aromatic carbocycles. The summed E-state index contributed by atoms with van der Waals surface area (Å²) in [4.78, 5) is 27.7. The number of methoxy groups -OCH3 is 1. The van der Waals surface area contributed by atoms with Crippen molar-refractivity contribution in [3.63, 3.8) is 0 Å². The third-order valence-corrected chi connectivity index (χ3v) is 5.31. The molecule has 1 aromatic heterocycles. The quantitative estimate of drug-likeness (QED) is 0.845. The van der Waals surface area contributed by atoms with Gasteiger partial charge in [-0.15, -0.1) is 11.3 Å². The summed E-state index contributed by atoms with van der Waals surface area (Å²) in [5, 5.41) is 1.73. The monoisotopic (exact) mass is 344 g/mol. The number of ether oxygens (including phenoxy) is 2. The van der Waals surface area contributed by atoms with Crippen molar-refractivity contribution in [2.24, 2.45) is 0 Å². The number of nitrogens with zero attached hydrogens (tertiary/aromatic N) is 2. The standard InChI is InChI=1S/C14H17ClN2O4S/c1-20-11-10(8-22-12(11)15)13(18)16-4-2-9(3-5-16)17-6-7-21-14(17)19/h8-9H,2-7H2,1H3. The highest BCUT2D eigenvalue weighted by Gasteiger charge is 2.34. The summed E-state index contributed by atoms with van der Waals surface area (Å²) < 4.78 is 10.7. The molecule has 2 fully saturated rings. The Balaban J connectivity index is 1.63. The largest absolute Gasteiger partial charge is 0.493 e. The molecule has 2 aliphatic heterocycles. The van der Waals surface area contributed by atoms with E-state index in [9.17, 15) is 9.59 Å². The van der Waals surface area contributed by atoms with Gasteiger partial charge in [0.2, 0.25) is 0 Å². The van der Waals surface area contributed by atoms with Crippen LogP contribution in [-0.4, -0.2) is 61.2 Å². The van der Waals surface area contributed by atoms with Gasteiger partial charge in [-0.25, -0.2) is 4.79 Å². The number of rotatable bonds is 3. The van der Waals surface area contributed by atoms with Crippen molar-refractivity contribution in [1.29, 1.82) is 0 Å². The van der Waals surface area contributed by atoms with E-state index in [2.05, 4.69) is 0 Å². The highest BCUT2D eigenvalue weighted by atomic mass is 35.5. The number of hydrogen-bond acceptors (Lipinski definition) is 5. The summed E-state index contributed by atoms with van der Waals surface area (Å²) in [5.74, 6) is 0.379. The van der Waals surface area contributed by atoms with Crippen molar-refractivity contribution >= 4 is 34.9 Å². The lowest BCUT2D eigenvalue weighted by Crippen LogP contribution is -2.47. The minimum absolute atomic E-state index is 0.0672. The van der Waals surface area contributed by atoms with E-state index in [1.165, 1.54) is 18.4 Å². The maximum atomic E-state index is 12.6. The average Bonchev–Trinajstić information content (AvgIpc) is 3.12. The Hall–Kier alpha value is -1.47. The van der Waals surface area contributed by atoms with Gasteiger partial charge in [0, 0.05) is 24.5 Å². The number of likely N-dealkylation sites (tertiary alicyclic amines) is 1. The summed E-state index contributed by atoms with van der Waals surface area (Å²) in [6.07, 6.45) is 1.29. The molecule has 0 aliphatic carbocycles. The predicted molar refractivity (Wildman–Crippen MR) is 82.9 cm³/mol. The van der Waals surface area contributed by atoms with Crippen molar-refractivity contribution in [1.82, 2.24) is 9.80 Å². The van der Waals surface area contributed by atoms with Crippen molar-refractivity contribution < 1.29 is 19.1 Å². The number of carbonyl (C=O) groups is 2. The highest BCUT2D eigenvalue weighted by Crippen LogP contribution is 2.36. The number of thiophene rings is 1. The fraction of sp³-hybridized carbons (Fsp3) is 0.571. The van der Waals surface area contributed by atoms with Crippen LogP contribution in [0.25, 0.3) is 0 Å². The van der Waals surface area contributed by atoms with Gasteiger partial charge in [-0.2, -0.15) is 0 Å². The lowest BCUT2D eigenvalue weighted by atomic mass is 10.0. The average molecular weight is 345 g/mol. The van der Waals surface area contributed by atoms with Gasteiger partial charge in [0.1, 0.15) is 10.9 Å². The molecule has 6 nitrogen and oxygen atoms in total. The Morgan fingerprint density at radius 2 is 2.14 bits per heavy atom. The van der Waals surface area contributed by atoms with E-state index in [-0.39, 0.29) is 18.0 Å². The first-order chi connectivity index (χ1) is 10.6. The Bertz CT molecular complexity index is 583. The fourth-order valence-electron chi connectivity index (χ4n) is 2.95. The number of carbonyl (C=O) groups excluding carboxylic acids is 2. The molecule has 1 aromatic rings. The van der Waals surface area contributed by atoms with Crippen LogP contribution in [0.3, 0.4) is 0 Å². The van der Waals surface area contributed by atoms with Crippen molar-refractivity contribution in [3.8, 4) is 5.75 Å². The first-order valence-corrected chi connectivity index (χ1v) is 8.41. The molecule has 2 saturated heterocycles. The third-order valence-electron chi connectivity index (χ3n) is 4.12. The maximum Gasteiger partial charge on any atom is 0.410 e. The minimum atomic E-state index is -0.240. The van der Waals surface area contributed by atoms with Gasteiger partial charge in [-0.3, -0.25) is 4.79 Å². The van der Waals surface area contributed by atoms with E-state index >= 15 is 0 Å². The van der Waals surface area contributed by atoms with Crippen molar-refractivity contribution in [3.05, 3.63) is 15.3 Å². The molecule has 0 N–H and O–H groups in total. The normalized spacial score (nSPS) is 19.5. The minimum Gasteiger partial charge on any atom is -0.493 e. The summed E-state index contributed by atoms with van der Waals surface area (Å²) in [5.41, 5.74) is 0.511. The second-order valence-electron chi connectivity index (χ2n) is 5.29. The zero-order chi connectivity index (χ0) is 15.7. The van der Waals surface area contributed by atoms with Gasteiger partial charge in [-0.05, 0) is 12.8 Å². The molecule has 0 spiro atoms. The molecule has 8 heteroatoms. The summed E-state index contributed by atoms with van der Waals surface area (Å²) >= 11 is 7.31. The topological polar surface area (TPSA) is 59.1 Å². The molecular formula is C14H17ClN2O4S. The van der Waals surface area contributed by atoms with Gasteiger partial charge in [0.25, 0.3) is 5.91 Å². The number of piperidine rings is 1. The zero-order valence-corrected chi connectivity index (χ0v) is 13.8. The Kier molecular flexibility index (Phi) is 4.44. The Morgan fingerprint density at radius 3 is 2.73 bits per heavy atom. The lowest BCUT2D eigenvalue weighted by Gasteiger charge is -2.35. The highest BCUT2D eigenvalue weighted by molar-refractivity contribution is 7.15. The van der Waals surface area contributed by atoms with Crippen molar-refractivity contribution in [2.45, 2.75) is 18.9 Å². The maximum absolute atomic E-state index is 12.6. The molecule has 0 saturated carbocycles. The van der Waals surface area contributed by atoms with Crippen LogP contribution in [0.2, 0.25) is 4.34 Å². The van der Waals surface area contributed by atoms with Crippen LogP contribution in [0.5, 0.6) is 5.75 Å². The van der Waals surface area contributed by atoms with Gasteiger partial charge < -0.3 is 19.3 Å². The third kappa shape index (κ3) is 2.75. The first-order valence-electron chi connectivity index (χ1n) is 7.15. The molecular weight excluding hydrogens is 328 g/mol. The van der Waals surface area contributed by atoms with E-state index in [0.29, 0.717) is 41.9 Å². The Labute approximate surface area is 137 Å². The number of cyclic esters (lactones) is 1. The van der Waals surface area contributed by atoms with Gasteiger partial charge in [0.15, 0.2) is 5.75 Å². The number of amides is 2. The molecule has 0 unspecified atom stereocenters. The molecule has 3 rings (SSSR count). The van der Waals surface area contributed by atoms with E-state index in [0.717, 1.165) is 12.8 Å². The van der Waals surface area contributed by atoms with Gasteiger partial charge in [-0.1, -0.05) is 11.6 Å². The van der Waals surface area contributed by atoms with Gasteiger partial charge in [0.05, 0.1) is 19.2 Å². The zero-order valence-electron chi connectivity index (χ0n) is 12.2. The van der Waals surface area contributed by atoms with Crippen molar-refractivity contribution in [2.75, 3.05) is 33.4 Å². The van der Waals surface area contributed by atoms with Crippen LogP contribution in [-0.2, 0) is 4.74 Å². The van der Waals surface area contributed by atoms with Crippen LogP contribution in [0, 0.1) is 0 Å². The molecule has 120 valence electrons. The van der Waals surface area contributed by atoms with E-state index in [1.54, 1.807) is 15.2 Å². The second kappa shape index (κ2) is 6.34. The fourth-order valence-corrected chi connectivity index (χ4v) is 3.99. The lowest BCUT2D eigenvalue weighted by molar-refractivity contribution is 0.0656. The molecule has 3 heterocycles. The van der Waals surface area contributed by atoms with Crippen LogP contribution in [0.1, 0.15) is 23.2 Å². The number of halogens is 1. The van der Waals surface area contributed by atoms with E-state index in [1.807, 2.05) is 0 Å². The first kappa shape index (κ1) is 15.4. The molecule has 0 radical (unpaired) electrons. The smallest absolute Gasteiger partial charge is 0.410 e. The van der Waals surface area contributed by atoms with Crippen LogP contribution in [0.15, 0.2) is 5.38 Å². The van der Waals surface area contributed by atoms with Crippen LogP contribution < -0.4 is 4.74 Å². The SMILES string of the molecule is COc1c(C(=O)N2CCC(N3CCOC3=O)CC2)csc1Cl. The van der Waals surface area contributed by atoms with Crippen LogP contribution in [0.4, 0.5) is 4.79 Å². The molecule has 0 bridgehead atoms. The summed E-state index contributed by atoms with van der Waals surface area (Å²) in [7, 11) is 1.51. The second-order valence-corrected chi connectivity index (χ2v) is 6.77. The van der Waals surface area contributed by atoms with E-state index < -0.39 is 0 Å². The predicted octanol–water partition coefficient (Wildman–Crippen LogP) is 2.47. The number of hydrogen-bond donors (Lipinski definition) is 0. The molecule has 2 amide bonds. The summed E-state index contributed by atoms with van der Waals surface area (Å²) in [6.45, 7) is 2.34. The molecule has 0 atom stereocenters. The summed E-state index contributed by atoms with van der Waals surface area (Å²) in [6, 6.07) is 0.159.